The Morgan fingerprint density at radius 3 is 2.44 bits per heavy atom. The molecule has 0 aliphatic carbocycles. The maximum absolute atomic E-state index is 14.1. The van der Waals surface area contributed by atoms with Crippen LogP contribution in [-0.2, 0) is 27.0 Å². The first-order chi connectivity index (χ1) is 16.9. The number of anilines is 1. The Hall–Kier alpha value is -2.62. The summed E-state index contributed by atoms with van der Waals surface area (Å²) in [6.45, 7) is 1.86. The summed E-state index contributed by atoms with van der Waals surface area (Å²) in [5.74, 6) is -1.08. The van der Waals surface area contributed by atoms with Crippen LogP contribution in [-0.4, -0.2) is 25.9 Å². The Bertz CT molecular complexity index is 1660. The van der Waals surface area contributed by atoms with Gasteiger partial charge in [0, 0.05) is 16.5 Å². The van der Waals surface area contributed by atoms with Crippen LogP contribution in [0.2, 0.25) is 0 Å². The Morgan fingerprint density at radius 2 is 1.78 bits per heavy atom. The van der Waals surface area contributed by atoms with Gasteiger partial charge >= 0.3 is 20.6 Å². The molecular formula is C22H19F2N2O6S4+. The largest absolute Gasteiger partial charge is 0.513 e. The summed E-state index contributed by atoms with van der Waals surface area (Å²) in [7, 11) is -9.37. The van der Waals surface area contributed by atoms with Crippen LogP contribution in [0.25, 0.3) is 16.3 Å². The zero-order valence-electron chi connectivity index (χ0n) is 18.5. The average Bonchev–Trinajstić information content (AvgIpc) is 3.30. The highest BCUT2D eigenvalue weighted by Crippen LogP contribution is 2.47. The first-order valence-corrected chi connectivity index (χ1v) is 14.8. The van der Waals surface area contributed by atoms with Crippen LogP contribution in [0.15, 0.2) is 64.6 Å². The molecule has 0 unspecified atom stereocenters. The third kappa shape index (κ3) is 5.38. The van der Waals surface area contributed by atoms with Crippen molar-refractivity contribution in [3.05, 3.63) is 81.9 Å². The third-order valence-corrected chi connectivity index (χ3v) is 9.03. The molecule has 190 valence electrons. The number of aryl methyl sites for hydroxylation is 1. The number of thiazole rings is 1. The van der Waals surface area contributed by atoms with Gasteiger partial charge in [-0.3, -0.25) is 4.55 Å². The van der Waals surface area contributed by atoms with E-state index >= 15 is 0 Å². The van der Waals surface area contributed by atoms with E-state index in [9.17, 15) is 34.7 Å². The van der Waals surface area contributed by atoms with Crippen molar-refractivity contribution in [1.82, 2.24) is 0 Å². The summed E-state index contributed by atoms with van der Waals surface area (Å²) in [6.07, 6.45) is 8.16. The van der Waals surface area contributed by atoms with Crippen LogP contribution in [0.4, 0.5) is 14.5 Å². The molecule has 2 N–H and O–H groups in total. The highest BCUT2D eigenvalue weighted by molar-refractivity contribution is 8.05. The fourth-order valence-corrected chi connectivity index (χ4v) is 8.04. The van der Waals surface area contributed by atoms with Gasteiger partial charge in [0.25, 0.3) is 5.01 Å². The molecule has 0 atom stereocenters. The zero-order chi connectivity index (χ0) is 26.3. The Labute approximate surface area is 214 Å². The van der Waals surface area contributed by atoms with Crippen molar-refractivity contribution in [2.45, 2.75) is 24.7 Å². The highest BCUT2D eigenvalue weighted by Gasteiger charge is 2.34. The number of thioether (sulfide) groups is 1. The molecule has 0 bridgehead atoms. The van der Waals surface area contributed by atoms with Crippen molar-refractivity contribution in [1.29, 1.82) is 0 Å². The molecule has 14 heteroatoms. The Morgan fingerprint density at radius 1 is 1.03 bits per heavy atom. The minimum absolute atomic E-state index is 0.0947. The smallest absolute Gasteiger partial charge is 0.269 e. The van der Waals surface area contributed by atoms with E-state index in [0.717, 1.165) is 39.2 Å². The summed E-state index contributed by atoms with van der Waals surface area (Å²) in [5.41, 5.74) is 0.752. The number of benzene rings is 2. The van der Waals surface area contributed by atoms with Gasteiger partial charge in [-0.15, -0.1) is 8.42 Å². The number of hydrogen-bond donors (Lipinski definition) is 2. The second kappa shape index (κ2) is 10.0. The summed E-state index contributed by atoms with van der Waals surface area (Å²) >= 11 is 1.91. The van der Waals surface area contributed by atoms with Crippen molar-refractivity contribution in [2.75, 3.05) is 4.31 Å². The van der Waals surface area contributed by atoms with E-state index in [1.807, 2.05) is 6.92 Å². The number of nitrogens with zero attached hydrogens (tertiary/aromatic N) is 2. The quantitative estimate of drug-likeness (QED) is 0.235. The monoisotopic (exact) mass is 573 g/mol. The predicted molar refractivity (Wildman–Crippen MR) is 135 cm³/mol. The molecule has 8 nitrogen and oxygen atoms in total. The van der Waals surface area contributed by atoms with Crippen LogP contribution >= 0.6 is 23.1 Å². The SMILES string of the molecule is CCCc1cc(F)cc2sc(C=CC=CC=C3Sc4cc(F)ccc4N3S(=O)(=O)O)[n+](S(=O)(=O)O)c12. The lowest BCUT2D eigenvalue weighted by atomic mass is 10.1. The minimum Gasteiger partial charge on any atom is -0.269 e. The van der Waals surface area contributed by atoms with E-state index in [2.05, 4.69) is 0 Å². The molecule has 4 rings (SSSR count). The summed E-state index contributed by atoms with van der Waals surface area (Å²) in [5, 5.41) is 0.211. The number of hydrogen-bond acceptors (Lipinski definition) is 6. The van der Waals surface area contributed by atoms with E-state index in [1.54, 1.807) is 0 Å². The standard InChI is InChI=1S/C22H18F2N2O6S4/c1-2-6-14-11-16(24)13-19-22(14)26(36(30,31)32)21(34-19)8-5-3-4-7-20-25(35(27,28)29)17-10-9-15(23)12-18(17)33-20/h3-5,7-13H,2,6H2,1H3,(H-,27,28,29,30,31,32)/p+1. The summed E-state index contributed by atoms with van der Waals surface area (Å²) < 4.78 is 96.9. The number of halogens is 2. The van der Waals surface area contributed by atoms with Gasteiger partial charge in [-0.1, -0.05) is 54.7 Å². The Balaban J connectivity index is 1.68. The fraction of sp³-hybridized carbons (Fsp3) is 0.136. The molecule has 1 aliphatic heterocycles. The molecule has 0 fully saturated rings. The first kappa shape index (κ1) is 26.4. The molecule has 0 saturated carbocycles. The van der Waals surface area contributed by atoms with Crippen molar-refractivity contribution in [3.8, 4) is 0 Å². The molecule has 0 amide bonds. The van der Waals surface area contributed by atoms with Gasteiger partial charge in [-0.2, -0.15) is 8.42 Å². The number of fused-ring (bicyclic) bond motifs is 2. The lowest BCUT2D eigenvalue weighted by Gasteiger charge is -2.15. The van der Waals surface area contributed by atoms with Crippen molar-refractivity contribution >= 4 is 65.7 Å². The number of aromatic nitrogens is 1. The van der Waals surface area contributed by atoms with Gasteiger partial charge in [-0.05, 0) is 46.8 Å². The molecule has 36 heavy (non-hydrogen) atoms. The molecular weight excluding hydrogens is 555 g/mol. The molecule has 0 radical (unpaired) electrons. The minimum atomic E-state index is -4.70. The second-order valence-corrected chi connectivity index (χ2v) is 12.2. The summed E-state index contributed by atoms with van der Waals surface area (Å²) in [4.78, 5) is 0.303. The van der Waals surface area contributed by atoms with Gasteiger partial charge in [0.15, 0.2) is 0 Å². The van der Waals surface area contributed by atoms with Gasteiger partial charge in [-0.25, -0.2) is 17.6 Å². The second-order valence-electron chi connectivity index (χ2n) is 7.55. The van der Waals surface area contributed by atoms with Gasteiger partial charge in [0.05, 0.1) is 10.7 Å². The van der Waals surface area contributed by atoms with Crippen LogP contribution in [0.3, 0.4) is 0 Å². The normalized spacial score (nSPS) is 15.7. The van der Waals surface area contributed by atoms with Crippen molar-refractivity contribution in [3.63, 3.8) is 0 Å². The Kier molecular flexibility index (Phi) is 7.37. The molecule has 1 aliphatic rings. The van der Waals surface area contributed by atoms with E-state index in [-0.39, 0.29) is 21.2 Å². The van der Waals surface area contributed by atoms with Gasteiger partial charge in [0.1, 0.15) is 16.3 Å². The fourth-order valence-electron chi connectivity index (χ4n) is 3.68. The zero-order valence-corrected chi connectivity index (χ0v) is 21.8. The number of allylic oxidation sites excluding steroid dienone is 4. The van der Waals surface area contributed by atoms with Crippen molar-refractivity contribution < 1.29 is 38.7 Å². The van der Waals surface area contributed by atoms with Crippen molar-refractivity contribution in [2.24, 2.45) is 0 Å². The third-order valence-electron chi connectivity index (χ3n) is 4.97. The molecule has 2 heterocycles. The maximum Gasteiger partial charge on any atom is 0.513 e. The van der Waals surface area contributed by atoms with Crippen LogP contribution in [0, 0.1) is 11.6 Å². The predicted octanol–water partition coefficient (Wildman–Crippen LogP) is 4.90. The molecule has 0 spiro atoms. The van der Waals surface area contributed by atoms with Gasteiger partial charge < -0.3 is 0 Å². The van der Waals surface area contributed by atoms with Crippen LogP contribution < -0.4 is 8.28 Å². The van der Waals surface area contributed by atoms with E-state index in [4.69, 9.17) is 0 Å². The maximum atomic E-state index is 14.1. The molecule has 0 saturated heterocycles. The molecule has 1 aromatic heterocycles. The molecule has 2 aromatic carbocycles. The first-order valence-electron chi connectivity index (χ1n) is 10.3. The lowest BCUT2D eigenvalue weighted by molar-refractivity contribution is -0.486. The topological polar surface area (TPSA) is 116 Å². The van der Waals surface area contributed by atoms with E-state index in [0.29, 0.717) is 32.3 Å². The number of rotatable bonds is 7. The highest BCUT2D eigenvalue weighted by atomic mass is 32.2. The van der Waals surface area contributed by atoms with E-state index in [1.165, 1.54) is 48.6 Å². The summed E-state index contributed by atoms with van der Waals surface area (Å²) in [6, 6.07) is 5.89. The van der Waals surface area contributed by atoms with Gasteiger partial charge in [0.2, 0.25) is 5.52 Å². The molecule has 3 aromatic rings. The van der Waals surface area contributed by atoms with Crippen LogP contribution in [0.1, 0.15) is 23.9 Å². The van der Waals surface area contributed by atoms with E-state index < -0.39 is 32.2 Å². The average molecular weight is 574 g/mol. The lowest BCUT2D eigenvalue weighted by Crippen LogP contribution is -2.43. The van der Waals surface area contributed by atoms with Crippen LogP contribution in [0.5, 0.6) is 0 Å².